The lowest BCUT2D eigenvalue weighted by Gasteiger charge is -2.20. The van der Waals surface area contributed by atoms with Crippen molar-refractivity contribution < 1.29 is 25.6 Å². The Labute approximate surface area is 93.4 Å². The van der Waals surface area contributed by atoms with Crippen LogP contribution in [0.3, 0.4) is 0 Å². The monoisotopic (exact) mass is 280 g/mol. The van der Waals surface area contributed by atoms with E-state index in [0.717, 1.165) is 0 Å². The predicted molar refractivity (Wildman–Crippen MR) is 55.3 cm³/mol. The second-order valence-electron chi connectivity index (χ2n) is 3.19. The second-order valence-corrected chi connectivity index (χ2v) is 7.67. The highest BCUT2D eigenvalue weighted by Gasteiger charge is 2.28. The van der Waals surface area contributed by atoms with Gasteiger partial charge >= 0.3 is 0 Å². The van der Waals surface area contributed by atoms with Gasteiger partial charge in [0.1, 0.15) is 0 Å². The summed E-state index contributed by atoms with van der Waals surface area (Å²) in [5.41, 5.74) is 5.07. The first-order valence-electron chi connectivity index (χ1n) is 4.22. The third-order valence-electron chi connectivity index (χ3n) is 1.48. The Bertz CT molecular complexity index is 406. The molecule has 0 fully saturated rings. The van der Waals surface area contributed by atoms with Gasteiger partial charge in [0.25, 0.3) is 6.43 Å². The molecule has 0 heterocycles. The molecule has 0 amide bonds. The minimum atomic E-state index is -4.25. The quantitative estimate of drug-likeness (QED) is 0.634. The Morgan fingerprint density at radius 1 is 1.25 bits per heavy atom. The van der Waals surface area contributed by atoms with Crippen molar-refractivity contribution in [3.63, 3.8) is 0 Å². The lowest BCUT2D eigenvalue weighted by molar-refractivity contribution is 0.120. The molecule has 0 aromatic carbocycles. The van der Waals surface area contributed by atoms with E-state index < -0.39 is 37.9 Å². The van der Waals surface area contributed by atoms with Gasteiger partial charge in [-0.25, -0.2) is 25.6 Å². The van der Waals surface area contributed by atoms with Crippen LogP contribution in [0.25, 0.3) is 0 Å². The van der Waals surface area contributed by atoms with Gasteiger partial charge in [0, 0.05) is 19.3 Å². The molecule has 16 heavy (non-hydrogen) atoms. The van der Waals surface area contributed by atoms with E-state index in [0.29, 0.717) is 10.6 Å². The number of nitrogens with zero attached hydrogens (tertiary/aromatic N) is 1. The zero-order valence-electron chi connectivity index (χ0n) is 8.64. The van der Waals surface area contributed by atoms with E-state index in [1.54, 1.807) is 0 Å². The van der Waals surface area contributed by atoms with E-state index in [1.165, 1.54) is 0 Å². The molecule has 2 N–H and O–H groups in total. The van der Waals surface area contributed by atoms with Crippen molar-refractivity contribution in [3.05, 3.63) is 0 Å². The fraction of sp³-hybridized carbons (Fsp3) is 1.00. The topological polar surface area (TPSA) is 97.5 Å². The van der Waals surface area contributed by atoms with Gasteiger partial charge < -0.3 is 5.73 Å². The number of hydrogen-bond acceptors (Lipinski definition) is 5. The summed E-state index contributed by atoms with van der Waals surface area (Å²) in [4.78, 5) is 0. The maximum Gasteiger partial charge on any atom is 0.252 e. The Morgan fingerprint density at radius 3 is 2.06 bits per heavy atom. The van der Waals surface area contributed by atoms with Gasteiger partial charge in [-0.3, -0.25) is 0 Å². The Kier molecular flexibility index (Phi) is 5.73. The van der Waals surface area contributed by atoms with E-state index in [-0.39, 0.29) is 13.1 Å². The summed E-state index contributed by atoms with van der Waals surface area (Å²) in [6.07, 6.45) is -2.16. The standard InChI is InChI=1S/C6H14F2N2O4S2/c1-15(11,12)5-16(13,14)10(3-2-9)4-6(7)8/h6H,2-5,9H2,1H3. The summed E-state index contributed by atoms with van der Waals surface area (Å²) in [6.45, 7) is -1.53. The van der Waals surface area contributed by atoms with Crippen LogP contribution in [0.4, 0.5) is 8.78 Å². The highest BCUT2D eigenvalue weighted by molar-refractivity contribution is 8.06. The van der Waals surface area contributed by atoms with Gasteiger partial charge in [-0.2, -0.15) is 4.31 Å². The molecule has 0 unspecified atom stereocenters. The van der Waals surface area contributed by atoms with Crippen molar-refractivity contribution in [2.24, 2.45) is 5.73 Å². The molecular weight excluding hydrogens is 266 g/mol. The Hall–Kier alpha value is -0.320. The number of halogens is 2. The molecule has 0 aliphatic rings. The van der Waals surface area contributed by atoms with Crippen LogP contribution in [-0.2, 0) is 19.9 Å². The first-order valence-corrected chi connectivity index (χ1v) is 7.89. The maximum absolute atomic E-state index is 12.1. The number of sulfone groups is 1. The number of rotatable bonds is 7. The molecule has 0 aliphatic heterocycles. The summed E-state index contributed by atoms with van der Waals surface area (Å²) in [5.74, 6) is 0. The van der Waals surface area contributed by atoms with Gasteiger partial charge in [0.15, 0.2) is 14.9 Å². The number of nitrogens with two attached hydrogens (primary N) is 1. The fourth-order valence-electron chi connectivity index (χ4n) is 0.987. The van der Waals surface area contributed by atoms with Crippen LogP contribution in [0.2, 0.25) is 0 Å². The van der Waals surface area contributed by atoms with Crippen LogP contribution in [0.1, 0.15) is 0 Å². The van der Waals surface area contributed by atoms with E-state index in [9.17, 15) is 25.6 Å². The van der Waals surface area contributed by atoms with E-state index in [4.69, 9.17) is 5.73 Å². The molecule has 0 radical (unpaired) electrons. The fourth-order valence-corrected chi connectivity index (χ4v) is 4.47. The molecule has 0 aliphatic carbocycles. The van der Waals surface area contributed by atoms with Crippen LogP contribution in [0.15, 0.2) is 0 Å². The highest BCUT2D eigenvalue weighted by atomic mass is 32.3. The first kappa shape index (κ1) is 15.7. The summed E-state index contributed by atoms with van der Waals surface area (Å²) >= 11 is 0. The van der Waals surface area contributed by atoms with Gasteiger partial charge in [-0.1, -0.05) is 0 Å². The number of alkyl halides is 2. The summed E-state index contributed by atoms with van der Waals surface area (Å²) < 4.78 is 69.0. The molecule has 0 aromatic rings. The smallest absolute Gasteiger partial charge is 0.252 e. The molecule has 98 valence electrons. The minimum Gasteiger partial charge on any atom is -0.329 e. The molecule has 0 aromatic heterocycles. The molecule has 0 saturated carbocycles. The third kappa shape index (κ3) is 6.30. The number of hydrogen-bond donors (Lipinski definition) is 1. The molecular formula is C6H14F2N2O4S2. The van der Waals surface area contributed by atoms with Gasteiger partial charge in [-0.05, 0) is 0 Å². The van der Waals surface area contributed by atoms with E-state index in [2.05, 4.69) is 0 Å². The average Bonchev–Trinajstić information content (AvgIpc) is 1.97. The molecule has 0 spiro atoms. The van der Waals surface area contributed by atoms with Crippen molar-refractivity contribution in [2.45, 2.75) is 6.43 Å². The van der Waals surface area contributed by atoms with Crippen molar-refractivity contribution >= 4 is 19.9 Å². The van der Waals surface area contributed by atoms with E-state index in [1.807, 2.05) is 0 Å². The highest BCUT2D eigenvalue weighted by Crippen LogP contribution is 2.07. The zero-order valence-corrected chi connectivity index (χ0v) is 10.3. The van der Waals surface area contributed by atoms with Crippen molar-refractivity contribution in [1.29, 1.82) is 0 Å². The van der Waals surface area contributed by atoms with Crippen LogP contribution in [0, 0.1) is 0 Å². The van der Waals surface area contributed by atoms with Crippen LogP contribution >= 0.6 is 0 Å². The van der Waals surface area contributed by atoms with Crippen LogP contribution < -0.4 is 5.73 Å². The number of sulfonamides is 1. The first-order chi connectivity index (χ1) is 7.08. The van der Waals surface area contributed by atoms with Gasteiger partial charge in [0.2, 0.25) is 10.0 Å². The Morgan fingerprint density at radius 2 is 1.75 bits per heavy atom. The zero-order chi connectivity index (χ0) is 13.0. The Balaban J connectivity index is 4.90. The molecule has 0 saturated heterocycles. The lowest BCUT2D eigenvalue weighted by Crippen LogP contribution is -2.41. The molecule has 0 bridgehead atoms. The maximum atomic E-state index is 12.1. The molecule has 0 rings (SSSR count). The van der Waals surface area contributed by atoms with Crippen molar-refractivity contribution in [2.75, 3.05) is 31.0 Å². The van der Waals surface area contributed by atoms with Gasteiger partial charge in [0.05, 0.1) is 6.54 Å². The molecule has 0 atom stereocenters. The second kappa shape index (κ2) is 5.84. The summed E-state index contributed by atoms with van der Waals surface area (Å²) in [6, 6.07) is 0. The SMILES string of the molecule is CS(=O)(=O)CS(=O)(=O)N(CCN)CC(F)F. The van der Waals surface area contributed by atoms with Crippen molar-refractivity contribution in [3.8, 4) is 0 Å². The lowest BCUT2D eigenvalue weighted by atomic mass is 10.6. The average molecular weight is 280 g/mol. The van der Waals surface area contributed by atoms with Crippen LogP contribution in [0.5, 0.6) is 0 Å². The van der Waals surface area contributed by atoms with E-state index >= 15 is 0 Å². The van der Waals surface area contributed by atoms with Crippen LogP contribution in [-0.4, -0.2) is 58.5 Å². The predicted octanol–water partition coefficient (Wildman–Crippen LogP) is -1.16. The molecule has 6 nitrogen and oxygen atoms in total. The summed E-state index contributed by atoms with van der Waals surface area (Å²) in [5, 5.41) is -1.19. The molecule has 10 heteroatoms. The normalized spacial score (nSPS) is 13.6. The largest absolute Gasteiger partial charge is 0.329 e. The summed E-state index contributed by atoms with van der Waals surface area (Å²) in [7, 11) is -8.05. The minimum absolute atomic E-state index is 0.157. The van der Waals surface area contributed by atoms with Gasteiger partial charge in [-0.15, -0.1) is 0 Å². The van der Waals surface area contributed by atoms with Crippen molar-refractivity contribution in [1.82, 2.24) is 4.31 Å². The third-order valence-corrected chi connectivity index (χ3v) is 5.50.